The molecule has 2 atom stereocenters. The predicted octanol–water partition coefficient (Wildman–Crippen LogP) is 22.5. The molecule has 1 amide bonds. The van der Waals surface area contributed by atoms with Crippen LogP contribution in [-0.2, 0) is 14.3 Å². The highest BCUT2D eigenvalue weighted by molar-refractivity contribution is 5.76. The minimum absolute atomic E-state index is 0.00481. The summed E-state index contributed by atoms with van der Waals surface area (Å²) in [7, 11) is 0. The van der Waals surface area contributed by atoms with Gasteiger partial charge < -0.3 is 20.3 Å². The lowest BCUT2D eigenvalue weighted by Gasteiger charge is -2.22. The summed E-state index contributed by atoms with van der Waals surface area (Å²) >= 11 is 0. The lowest BCUT2D eigenvalue weighted by atomic mass is 10.0. The zero-order valence-electron chi connectivity index (χ0n) is 52.2. The molecule has 0 radical (unpaired) electrons. The third-order valence-corrected chi connectivity index (χ3v) is 16.5. The molecule has 0 saturated carbocycles. The van der Waals surface area contributed by atoms with E-state index in [0.717, 1.165) is 44.9 Å². The average molecular weight is 1080 g/mol. The van der Waals surface area contributed by atoms with Crippen LogP contribution in [0.2, 0.25) is 0 Å². The van der Waals surface area contributed by atoms with E-state index < -0.39 is 12.1 Å². The molecule has 0 aliphatic rings. The van der Waals surface area contributed by atoms with Crippen LogP contribution in [0.15, 0.2) is 24.3 Å². The van der Waals surface area contributed by atoms with Crippen molar-refractivity contribution in [2.45, 2.75) is 405 Å². The van der Waals surface area contributed by atoms with Gasteiger partial charge >= 0.3 is 5.97 Å². The third kappa shape index (κ3) is 63.4. The molecule has 0 bridgehead atoms. The first-order valence-electron chi connectivity index (χ1n) is 35.1. The molecule has 3 N–H and O–H groups in total. The summed E-state index contributed by atoms with van der Waals surface area (Å²) in [6.07, 6.45) is 83.6. The molecule has 77 heavy (non-hydrogen) atoms. The van der Waals surface area contributed by atoms with Crippen LogP contribution in [0.25, 0.3) is 0 Å². The van der Waals surface area contributed by atoms with Gasteiger partial charge in [-0.1, -0.05) is 327 Å². The van der Waals surface area contributed by atoms with Gasteiger partial charge in [-0.05, 0) is 77.0 Å². The van der Waals surface area contributed by atoms with Gasteiger partial charge in [-0.25, -0.2) is 0 Å². The number of aliphatic hydroxyl groups excluding tert-OH is 2. The van der Waals surface area contributed by atoms with E-state index in [1.807, 2.05) is 0 Å². The van der Waals surface area contributed by atoms with Crippen molar-refractivity contribution < 1.29 is 24.5 Å². The van der Waals surface area contributed by atoms with Crippen molar-refractivity contribution in [1.29, 1.82) is 0 Å². The number of hydrogen-bond acceptors (Lipinski definition) is 5. The molecular weight excluding hydrogens is 947 g/mol. The number of hydrogen-bond donors (Lipinski definition) is 3. The van der Waals surface area contributed by atoms with Crippen LogP contribution in [-0.4, -0.2) is 47.4 Å². The maximum absolute atomic E-state index is 12.5. The highest BCUT2D eigenvalue weighted by atomic mass is 16.5. The number of aliphatic hydroxyl groups is 2. The second-order valence-corrected chi connectivity index (χ2v) is 24.2. The van der Waals surface area contributed by atoms with E-state index in [2.05, 4.69) is 43.5 Å². The Bertz CT molecular complexity index is 1200. The van der Waals surface area contributed by atoms with E-state index in [-0.39, 0.29) is 18.5 Å². The molecule has 0 aromatic carbocycles. The lowest BCUT2D eigenvalue weighted by molar-refractivity contribution is -0.143. The number of allylic oxidation sites excluding steroid dienone is 4. The number of carbonyl (C=O) groups is 2. The first-order valence-corrected chi connectivity index (χ1v) is 35.1. The zero-order chi connectivity index (χ0) is 55.7. The summed E-state index contributed by atoms with van der Waals surface area (Å²) < 4.78 is 5.48. The molecular formula is C71H137NO5. The SMILES string of the molecule is CCCCCCC/C=C\CCCCCCCC(=O)OCCCCCCCCCCCCCC/C=C\CCCCCCCCCCC(=O)NC(CO)C(O)CCCCCCCCCCCCCCCCCCCCCCCC. The summed E-state index contributed by atoms with van der Waals surface area (Å²) in [5, 5.41) is 23.4. The van der Waals surface area contributed by atoms with Crippen LogP contribution in [0, 0.1) is 0 Å². The third-order valence-electron chi connectivity index (χ3n) is 16.5. The Balaban J connectivity index is 3.40. The fourth-order valence-electron chi connectivity index (χ4n) is 11.1. The van der Waals surface area contributed by atoms with Crippen LogP contribution in [0.5, 0.6) is 0 Å². The van der Waals surface area contributed by atoms with Crippen molar-refractivity contribution in [2.24, 2.45) is 0 Å². The fourth-order valence-corrected chi connectivity index (χ4v) is 11.1. The topological polar surface area (TPSA) is 95.9 Å². The van der Waals surface area contributed by atoms with Crippen LogP contribution in [0.4, 0.5) is 0 Å². The van der Waals surface area contributed by atoms with E-state index >= 15 is 0 Å². The minimum Gasteiger partial charge on any atom is -0.466 e. The van der Waals surface area contributed by atoms with Crippen molar-refractivity contribution in [1.82, 2.24) is 5.32 Å². The Morgan fingerprint density at radius 3 is 0.922 bits per heavy atom. The Labute approximate surface area is 481 Å². The van der Waals surface area contributed by atoms with Gasteiger partial charge in [0.25, 0.3) is 0 Å². The van der Waals surface area contributed by atoms with Gasteiger partial charge in [-0.2, -0.15) is 0 Å². The molecule has 0 fully saturated rings. The molecule has 0 aromatic heterocycles. The summed E-state index contributed by atoms with van der Waals surface area (Å²) in [5.41, 5.74) is 0. The van der Waals surface area contributed by atoms with E-state index in [0.29, 0.717) is 25.9 Å². The van der Waals surface area contributed by atoms with Crippen molar-refractivity contribution in [3.8, 4) is 0 Å². The van der Waals surface area contributed by atoms with E-state index in [1.165, 1.54) is 315 Å². The quantitative estimate of drug-likeness (QED) is 0.0320. The van der Waals surface area contributed by atoms with Crippen LogP contribution in [0.1, 0.15) is 393 Å². The smallest absolute Gasteiger partial charge is 0.305 e. The molecule has 0 rings (SSSR count). The van der Waals surface area contributed by atoms with Gasteiger partial charge in [-0.3, -0.25) is 9.59 Å². The average Bonchev–Trinajstić information content (AvgIpc) is 3.43. The zero-order valence-corrected chi connectivity index (χ0v) is 52.2. The van der Waals surface area contributed by atoms with Crippen LogP contribution < -0.4 is 5.32 Å². The van der Waals surface area contributed by atoms with Gasteiger partial charge in [0.05, 0.1) is 25.4 Å². The standard InChI is InChI=1S/C71H137NO5/c1-3-5-7-9-11-13-15-17-19-20-21-22-27-30-33-36-39-43-47-51-55-59-63-69(74)68(67-73)72-70(75)64-60-56-52-48-44-40-37-34-31-28-25-23-24-26-29-32-35-38-42-46-50-54-58-62-66-77-71(76)65-61-57-53-49-45-41-18-16-14-12-10-8-6-4-2/h16,18,25,28,68-69,73-74H,3-15,17,19-24,26-27,29-67H2,1-2H3,(H,72,75)/b18-16-,28-25-. The predicted molar refractivity (Wildman–Crippen MR) is 338 cm³/mol. The summed E-state index contributed by atoms with van der Waals surface area (Å²) in [6, 6.07) is -0.546. The lowest BCUT2D eigenvalue weighted by Crippen LogP contribution is -2.45. The number of carbonyl (C=O) groups excluding carboxylic acids is 2. The number of amides is 1. The summed E-state index contributed by atoms with van der Waals surface area (Å²) in [6.45, 7) is 4.97. The molecule has 0 heterocycles. The monoisotopic (exact) mass is 1080 g/mol. The van der Waals surface area contributed by atoms with Gasteiger partial charge in [0.15, 0.2) is 0 Å². The van der Waals surface area contributed by atoms with Crippen molar-refractivity contribution >= 4 is 11.9 Å². The first kappa shape index (κ1) is 75.3. The van der Waals surface area contributed by atoms with Gasteiger partial charge in [0, 0.05) is 12.8 Å². The second-order valence-electron chi connectivity index (χ2n) is 24.2. The number of rotatable bonds is 66. The number of unbranched alkanes of at least 4 members (excludes halogenated alkanes) is 51. The summed E-state index contributed by atoms with van der Waals surface area (Å²) in [4.78, 5) is 24.6. The number of ether oxygens (including phenoxy) is 1. The molecule has 0 aromatic rings. The van der Waals surface area contributed by atoms with Gasteiger partial charge in [0.1, 0.15) is 0 Å². The van der Waals surface area contributed by atoms with Crippen molar-refractivity contribution in [2.75, 3.05) is 13.2 Å². The van der Waals surface area contributed by atoms with Crippen molar-refractivity contribution in [3.63, 3.8) is 0 Å². The highest BCUT2D eigenvalue weighted by Gasteiger charge is 2.20. The number of esters is 1. The maximum Gasteiger partial charge on any atom is 0.305 e. The molecule has 456 valence electrons. The van der Waals surface area contributed by atoms with E-state index in [4.69, 9.17) is 4.74 Å². The Morgan fingerprint density at radius 1 is 0.351 bits per heavy atom. The Morgan fingerprint density at radius 2 is 0.610 bits per heavy atom. The van der Waals surface area contributed by atoms with Crippen LogP contribution >= 0.6 is 0 Å². The van der Waals surface area contributed by atoms with Crippen LogP contribution in [0.3, 0.4) is 0 Å². The van der Waals surface area contributed by atoms with Gasteiger partial charge in [0.2, 0.25) is 5.91 Å². The molecule has 0 aliphatic heterocycles. The largest absolute Gasteiger partial charge is 0.466 e. The highest BCUT2D eigenvalue weighted by Crippen LogP contribution is 2.19. The maximum atomic E-state index is 12.5. The van der Waals surface area contributed by atoms with Crippen molar-refractivity contribution in [3.05, 3.63) is 24.3 Å². The van der Waals surface area contributed by atoms with E-state index in [9.17, 15) is 19.8 Å². The minimum atomic E-state index is -0.668. The molecule has 0 spiro atoms. The Kier molecular flexibility index (Phi) is 65.4. The fraction of sp³-hybridized carbons (Fsp3) is 0.915. The Hall–Kier alpha value is -1.66. The summed E-state index contributed by atoms with van der Waals surface area (Å²) in [5.74, 6) is -0.0304. The molecule has 0 aliphatic carbocycles. The second kappa shape index (κ2) is 66.8. The normalized spacial score (nSPS) is 12.6. The molecule has 2 unspecified atom stereocenters. The van der Waals surface area contributed by atoms with Gasteiger partial charge in [-0.15, -0.1) is 0 Å². The number of nitrogens with one attached hydrogen (secondary N) is 1. The molecule has 0 saturated heterocycles. The first-order chi connectivity index (χ1) is 38.0. The molecule has 6 nitrogen and oxygen atoms in total. The van der Waals surface area contributed by atoms with E-state index in [1.54, 1.807) is 0 Å². The molecule has 6 heteroatoms.